The number of morpholine rings is 1. The Morgan fingerprint density at radius 1 is 1.02 bits per heavy atom. The summed E-state index contributed by atoms with van der Waals surface area (Å²) in [5, 5.41) is 3.04. The molecule has 0 bridgehead atoms. The number of hydrogen-bond donors (Lipinski definition) is 2. The number of aliphatic imine (C=N–C) groups is 1. The topological polar surface area (TPSA) is 110 Å². The number of aromatic nitrogens is 1. The summed E-state index contributed by atoms with van der Waals surface area (Å²) in [5.41, 5.74) is 7.77. The van der Waals surface area contributed by atoms with Crippen molar-refractivity contribution in [1.82, 2.24) is 20.1 Å². The maximum absolute atomic E-state index is 13.9. The zero-order valence-electron chi connectivity index (χ0n) is 29.1. The van der Waals surface area contributed by atoms with Crippen LogP contribution in [0, 0.1) is 20.8 Å². The minimum atomic E-state index is -0.215. The fraction of sp³-hybridized carbons (Fsp3) is 0.474. The van der Waals surface area contributed by atoms with E-state index in [1.807, 2.05) is 37.8 Å². The van der Waals surface area contributed by atoms with Gasteiger partial charge in [0.1, 0.15) is 0 Å². The molecule has 2 aliphatic heterocycles. The second-order valence-electron chi connectivity index (χ2n) is 12.9. The number of hydrogen-bond acceptors (Lipinski definition) is 7. The van der Waals surface area contributed by atoms with Crippen LogP contribution in [0.4, 0.5) is 5.69 Å². The molecule has 48 heavy (non-hydrogen) atoms. The molecule has 2 fully saturated rings. The Morgan fingerprint density at radius 3 is 2.38 bits per heavy atom. The maximum Gasteiger partial charge on any atom is 0.253 e. The molecule has 2 saturated heterocycles. The maximum atomic E-state index is 13.9. The molecular formula is C38H50N6O4. The van der Waals surface area contributed by atoms with Crippen molar-refractivity contribution in [2.45, 2.75) is 66.1 Å². The van der Waals surface area contributed by atoms with Crippen molar-refractivity contribution in [3.05, 3.63) is 86.3 Å². The van der Waals surface area contributed by atoms with Gasteiger partial charge in [0.25, 0.3) is 11.5 Å². The number of amides is 2. The van der Waals surface area contributed by atoms with E-state index in [0.717, 1.165) is 85.9 Å². The fourth-order valence-electron chi connectivity index (χ4n) is 6.94. The van der Waals surface area contributed by atoms with E-state index in [-0.39, 0.29) is 30.0 Å². The van der Waals surface area contributed by atoms with Gasteiger partial charge in [0.15, 0.2) is 0 Å². The quantitative estimate of drug-likeness (QED) is 0.292. The molecule has 0 unspecified atom stereocenters. The summed E-state index contributed by atoms with van der Waals surface area (Å²) in [6, 6.07) is 15.0. The summed E-state index contributed by atoms with van der Waals surface area (Å²) in [6.45, 7) is 14.5. The Hall–Kier alpha value is -4.28. The Labute approximate surface area is 284 Å². The van der Waals surface area contributed by atoms with E-state index >= 15 is 0 Å². The van der Waals surface area contributed by atoms with Crippen LogP contribution >= 0.6 is 0 Å². The zero-order chi connectivity index (χ0) is 34.2. The number of anilines is 1. The first kappa shape index (κ1) is 35.0. The Kier molecular flexibility index (Phi) is 11.8. The van der Waals surface area contributed by atoms with Gasteiger partial charge in [0.05, 0.1) is 19.6 Å². The molecule has 0 saturated carbocycles. The fourth-order valence-corrected chi connectivity index (χ4v) is 6.94. The summed E-state index contributed by atoms with van der Waals surface area (Å²) in [4.78, 5) is 52.8. The Balaban J connectivity index is 1.44. The second-order valence-corrected chi connectivity index (χ2v) is 12.9. The van der Waals surface area contributed by atoms with E-state index in [1.54, 1.807) is 13.3 Å². The number of rotatable bonds is 11. The van der Waals surface area contributed by atoms with Crippen LogP contribution in [0.3, 0.4) is 0 Å². The highest BCUT2D eigenvalue weighted by molar-refractivity contribution is 5.99. The number of carbonyl (C=O) groups excluding carboxylic acids is 2. The highest BCUT2D eigenvalue weighted by Gasteiger charge is 2.28. The molecule has 3 heterocycles. The third-order valence-corrected chi connectivity index (χ3v) is 9.70. The molecule has 2 N–H and O–H groups in total. The number of carbonyl (C=O) groups is 2. The van der Waals surface area contributed by atoms with Gasteiger partial charge in [-0.3, -0.25) is 19.3 Å². The Bertz CT molecular complexity index is 1670. The van der Waals surface area contributed by atoms with E-state index in [9.17, 15) is 14.4 Å². The number of nitrogens with one attached hydrogen (secondary N) is 2. The van der Waals surface area contributed by atoms with Crippen molar-refractivity contribution in [3.63, 3.8) is 0 Å². The van der Waals surface area contributed by atoms with Crippen molar-refractivity contribution >= 4 is 23.7 Å². The number of ether oxygens (including phenoxy) is 1. The number of pyridine rings is 1. The number of aryl methyl sites for hydroxylation is 2. The monoisotopic (exact) mass is 654 g/mol. The van der Waals surface area contributed by atoms with Gasteiger partial charge < -0.3 is 29.8 Å². The predicted molar refractivity (Wildman–Crippen MR) is 192 cm³/mol. The highest BCUT2D eigenvalue weighted by Crippen LogP contribution is 2.34. The molecule has 10 nitrogen and oxygen atoms in total. The van der Waals surface area contributed by atoms with Gasteiger partial charge in [-0.05, 0) is 86.6 Å². The first-order valence-electron chi connectivity index (χ1n) is 17.1. The summed E-state index contributed by atoms with van der Waals surface area (Å²) >= 11 is 0. The third-order valence-electron chi connectivity index (χ3n) is 9.70. The van der Waals surface area contributed by atoms with Gasteiger partial charge in [0.2, 0.25) is 5.91 Å². The van der Waals surface area contributed by atoms with Crippen LogP contribution in [-0.4, -0.2) is 91.8 Å². The summed E-state index contributed by atoms with van der Waals surface area (Å²) < 4.78 is 5.51. The lowest BCUT2D eigenvalue weighted by atomic mass is 9.94. The number of nitrogens with zero attached hydrogens (tertiary/aromatic N) is 4. The van der Waals surface area contributed by atoms with Crippen LogP contribution in [0.2, 0.25) is 0 Å². The summed E-state index contributed by atoms with van der Waals surface area (Å²) in [6.07, 6.45) is 3.69. The van der Waals surface area contributed by atoms with Crippen LogP contribution in [0.1, 0.15) is 64.5 Å². The molecule has 0 atom stereocenters. The lowest BCUT2D eigenvalue weighted by Gasteiger charge is -2.40. The smallest absolute Gasteiger partial charge is 0.253 e. The molecule has 10 heteroatoms. The first-order valence-corrected chi connectivity index (χ1v) is 17.1. The van der Waals surface area contributed by atoms with Crippen molar-refractivity contribution in [2.75, 3.05) is 57.9 Å². The molecule has 5 rings (SSSR count). The first-order chi connectivity index (χ1) is 23.2. The molecule has 256 valence electrons. The minimum absolute atomic E-state index is 0.110. The van der Waals surface area contributed by atoms with Crippen LogP contribution in [0.25, 0.3) is 11.1 Å². The number of benzene rings is 2. The average molecular weight is 655 g/mol. The van der Waals surface area contributed by atoms with Crippen molar-refractivity contribution in [2.24, 2.45) is 4.99 Å². The third kappa shape index (κ3) is 8.41. The molecule has 2 aromatic carbocycles. The van der Waals surface area contributed by atoms with Crippen molar-refractivity contribution in [3.8, 4) is 11.1 Å². The molecule has 1 aromatic heterocycles. The summed E-state index contributed by atoms with van der Waals surface area (Å²) in [7, 11) is 1.69. The van der Waals surface area contributed by atoms with Crippen LogP contribution < -0.4 is 15.8 Å². The van der Waals surface area contributed by atoms with Gasteiger partial charge in [-0.25, -0.2) is 0 Å². The largest absolute Gasteiger partial charge is 0.379 e. The van der Waals surface area contributed by atoms with E-state index in [0.29, 0.717) is 30.6 Å². The second kappa shape index (κ2) is 16.2. The number of H-pyrrole nitrogens is 1. The normalized spacial score (nSPS) is 16.0. The van der Waals surface area contributed by atoms with Crippen LogP contribution in [0.15, 0.2) is 52.3 Å². The number of likely N-dealkylation sites (tertiary alicyclic amines) is 1. The van der Waals surface area contributed by atoms with E-state index in [1.165, 1.54) is 5.56 Å². The average Bonchev–Trinajstić information content (AvgIpc) is 3.08. The molecule has 0 aliphatic carbocycles. The minimum Gasteiger partial charge on any atom is -0.379 e. The van der Waals surface area contributed by atoms with Gasteiger partial charge in [-0.2, -0.15) is 0 Å². The van der Waals surface area contributed by atoms with Gasteiger partial charge in [-0.15, -0.1) is 0 Å². The van der Waals surface area contributed by atoms with Crippen molar-refractivity contribution in [1.29, 1.82) is 0 Å². The van der Waals surface area contributed by atoms with E-state index < -0.39 is 0 Å². The van der Waals surface area contributed by atoms with E-state index in [4.69, 9.17) is 4.74 Å². The zero-order valence-corrected chi connectivity index (χ0v) is 29.1. The number of piperidine rings is 1. The lowest BCUT2D eigenvalue weighted by molar-refractivity contribution is -0.130. The molecule has 0 spiro atoms. The summed E-state index contributed by atoms with van der Waals surface area (Å²) in [5.74, 6) is -0.105. The van der Waals surface area contributed by atoms with E-state index in [2.05, 4.69) is 62.3 Å². The number of aromatic amines is 1. The molecule has 2 amide bonds. The van der Waals surface area contributed by atoms with Crippen molar-refractivity contribution < 1.29 is 14.3 Å². The van der Waals surface area contributed by atoms with Crippen LogP contribution in [0.5, 0.6) is 0 Å². The SMILES string of the molecule is CCN(c1cc(-c2ccc(CN3CCOCC3)cc2)cc(C(=O)NCc2c(C)cc(C)[nH]c2=O)c1C)C1CCN(C(=O)C/C=N\C)CC1. The van der Waals surface area contributed by atoms with Gasteiger partial charge >= 0.3 is 0 Å². The van der Waals surface area contributed by atoms with Crippen LogP contribution in [-0.2, 0) is 22.6 Å². The molecular weight excluding hydrogens is 604 g/mol. The van der Waals surface area contributed by atoms with Gasteiger partial charge in [-0.1, -0.05) is 24.3 Å². The standard InChI is InChI=1S/C38H50N6O4/c1-6-44(32-12-15-43(16-13-32)36(45)11-14-39-5)35-23-31(30-9-7-29(8-10-30)25-42-17-19-48-20-18-42)22-33(28(35)4)37(46)40-24-34-26(2)21-27(3)41-38(34)47/h7-10,14,21-23,32H,6,11-13,15-20,24-25H2,1-5H3,(H,40,46)(H,41,47)/b39-14-. The predicted octanol–water partition coefficient (Wildman–Crippen LogP) is 4.64. The molecule has 3 aromatic rings. The lowest BCUT2D eigenvalue weighted by Crippen LogP contribution is -2.47. The van der Waals surface area contributed by atoms with Gasteiger partial charge in [0, 0.05) is 87.6 Å². The molecule has 2 aliphatic rings. The highest BCUT2D eigenvalue weighted by atomic mass is 16.5. The molecule has 0 radical (unpaired) electrons. The Morgan fingerprint density at radius 2 is 1.73 bits per heavy atom.